The molecule has 0 radical (unpaired) electrons. The zero-order valence-corrected chi connectivity index (χ0v) is 12.2. The molecule has 110 valence electrons. The second kappa shape index (κ2) is 5.95. The molecular weight excluding hydrogens is 276 g/mol. The molecular formula is C15H20O4S. The zero-order valence-electron chi connectivity index (χ0n) is 11.4. The Morgan fingerprint density at radius 2 is 1.70 bits per heavy atom. The van der Waals surface area contributed by atoms with Crippen molar-refractivity contribution in [3.63, 3.8) is 0 Å². The number of sulfone groups is 1. The van der Waals surface area contributed by atoms with E-state index in [1.54, 1.807) is 0 Å². The SMILES string of the molecule is O=CCC1(CS(=O)(=O)c2ccc(O)cc2)CCCCC1. The summed E-state index contributed by atoms with van der Waals surface area (Å²) in [5, 5.41) is 9.24. The summed E-state index contributed by atoms with van der Waals surface area (Å²) in [7, 11) is -3.43. The Morgan fingerprint density at radius 3 is 2.25 bits per heavy atom. The third kappa shape index (κ3) is 3.39. The molecule has 0 unspecified atom stereocenters. The minimum absolute atomic E-state index is 0.0174. The van der Waals surface area contributed by atoms with Gasteiger partial charge in [0.25, 0.3) is 0 Å². The van der Waals surface area contributed by atoms with E-state index in [0.717, 1.165) is 38.4 Å². The lowest BCUT2D eigenvalue weighted by atomic mass is 9.74. The van der Waals surface area contributed by atoms with Crippen LogP contribution < -0.4 is 0 Å². The van der Waals surface area contributed by atoms with Gasteiger partial charge in [-0.05, 0) is 42.5 Å². The Morgan fingerprint density at radius 1 is 1.10 bits per heavy atom. The monoisotopic (exact) mass is 296 g/mol. The Hall–Kier alpha value is -1.36. The van der Waals surface area contributed by atoms with Crippen LogP contribution in [0.15, 0.2) is 29.2 Å². The van der Waals surface area contributed by atoms with Gasteiger partial charge < -0.3 is 9.90 Å². The fourth-order valence-corrected chi connectivity index (χ4v) is 4.96. The molecule has 0 heterocycles. The van der Waals surface area contributed by atoms with Crippen LogP contribution in [0.25, 0.3) is 0 Å². The fourth-order valence-electron chi connectivity index (χ4n) is 3.03. The fraction of sp³-hybridized carbons (Fsp3) is 0.533. The molecule has 1 aliphatic carbocycles. The lowest BCUT2D eigenvalue weighted by molar-refractivity contribution is -0.110. The largest absolute Gasteiger partial charge is 0.508 e. The molecule has 1 aromatic carbocycles. The van der Waals surface area contributed by atoms with Gasteiger partial charge in [-0.15, -0.1) is 0 Å². The van der Waals surface area contributed by atoms with E-state index >= 15 is 0 Å². The van der Waals surface area contributed by atoms with Crippen LogP contribution in [0.2, 0.25) is 0 Å². The van der Waals surface area contributed by atoms with Crippen molar-refractivity contribution in [1.82, 2.24) is 0 Å². The van der Waals surface area contributed by atoms with Crippen LogP contribution in [0.5, 0.6) is 5.75 Å². The normalized spacial score (nSPS) is 18.6. The van der Waals surface area contributed by atoms with Crippen molar-refractivity contribution in [2.45, 2.75) is 43.4 Å². The van der Waals surface area contributed by atoms with Crippen molar-refractivity contribution in [2.75, 3.05) is 5.75 Å². The second-order valence-electron chi connectivity index (χ2n) is 5.68. The average molecular weight is 296 g/mol. The highest BCUT2D eigenvalue weighted by atomic mass is 32.2. The van der Waals surface area contributed by atoms with E-state index < -0.39 is 15.3 Å². The highest BCUT2D eigenvalue weighted by molar-refractivity contribution is 7.91. The van der Waals surface area contributed by atoms with Crippen LogP contribution in [0.3, 0.4) is 0 Å². The first-order chi connectivity index (χ1) is 9.47. The van der Waals surface area contributed by atoms with E-state index in [1.165, 1.54) is 24.3 Å². The number of phenolic OH excluding ortho intramolecular Hbond substituents is 1. The van der Waals surface area contributed by atoms with Gasteiger partial charge in [-0.25, -0.2) is 8.42 Å². The van der Waals surface area contributed by atoms with Gasteiger partial charge in [0.15, 0.2) is 9.84 Å². The molecule has 20 heavy (non-hydrogen) atoms. The van der Waals surface area contributed by atoms with Crippen molar-refractivity contribution in [2.24, 2.45) is 5.41 Å². The molecule has 1 fully saturated rings. The lowest BCUT2D eigenvalue weighted by Crippen LogP contribution is -2.33. The smallest absolute Gasteiger partial charge is 0.178 e. The standard InChI is InChI=1S/C15H20O4S/c16-11-10-15(8-2-1-3-9-15)12-20(18,19)14-6-4-13(17)5-7-14/h4-7,11,17H,1-3,8-10,12H2. The van der Waals surface area contributed by atoms with Crippen molar-refractivity contribution >= 4 is 16.1 Å². The molecule has 1 aromatic rings. The summed E-state index contributed by atoms with van der Waals surface area (Å²) in [5.41, 5.74) is -0.406. The van der Waals surface area contributed by atoms with Crippen molar-refractivity contribution in [3.8, 4) is 5.75 Å². The maximum absolute atomic E-state index is 12.5. The molecule has 0 aliphatic heterocycles. The zero-order chi connectivity index (χ0) is 14.6. The number of hydrogen-bond donors (Lipinski definition) is 1. The minimum atomic E-state index is -3.43. The molecule has 1 saturated carbocycles. The van der Waals surface area contributed by atoms with Gasteiger partial charge in [0.1, 0.15) is 12.0 Å². The van der Waals surface area contributed by atoms with Crippen molar-refractivity contribution in [3.05, 3.63) is 24.3 Å². The van der Waals surface area contributed by atoms with E-state index in [1.807, 2.05) is 0 Å². The van der Waals surface area contributed by atoms with Crippen LogP contribution >= 0.6 is 0 Å². The molecule has 2 rings (SSSR count). The number of hydrogen-bond acceptors (Lipinski definition) is 4. The number of phenols is 1. The molecule has 4 nitrogen and oxygen atoms in total. The summed E-state index contributed by atoms with van der Waals surface area (Å²) in [6.07, 6.45) is 5.83. The number of aromatic hydroxyl groups is 1. The molecule has 0 saturated heterocycles. The summed E-state index contributed by atoms with van der Waals surface area (Å²) in [6, 6.07) is 5.59. The first-order valence-electron chi connectivity index (χ1n) is 6.93. The van der Waals surface area contributed by atoms with Gasteiger partial charge in [-0.2, -0.15) is 0 Å². The molecule has 0 atom stereocenters. The molecule has 1 N–H and O–H groups in total. The van der Waals surface area contributed by atoms with E-state index in [-0.39, 0.29) is 16.4 Å². The van der Waals surface area contributed by atoms with Gasteiger partial charge in [0, 0.05) is 6.42 Å². The Labute approximate surface area is 119 Å². The predicted molar refractivity (Wildman–Crippen MR) is 76.4 cm³/mol. The number of benzene rings is 1. The maximum Gasteiger partial charge on any atom is 0.178 e. The number of aldehydes is 1. The summed E-state index contributed by atoms with van der Waals surface area (Å²) in [6.45, 7) is 0. The van der Waals surface area contributed by atoms with Crippen molar-refractivity contribution < 1.29 is 18.3 Å². The van der Waals surface area contributed by atoms with Crippen LogP contribution in [0.1, 0.15) is 38.5 Å². The summed E-state index contributed by atoms with van der Waals surface area (Å²) in [4.78, 5) is 11.1. The van der Waals surface area contributed by atoms with Crippen LogP contribution in [-0.4, -0.2) is 25.6 Å². The first kappa shape index (κ1) is 15.0. The third-order valence-corrected chi connectivity index (χ3v) is 6.11. The highest BCUT2D eigenvalue weighted by Gasteiger charge is 2.36. The number of carbonyl (C=O) groups excluding carboxylic acids is 1. The Balaban J connectivity index is 2.24. The highest BCUT2D eigenvalue weighted by Crippen LogP contribution is 2.41. The van der Waals surface area contributed by atoms with Gasteiger partial charge in [-0.1, -0.05) is 19.3 Å². The molecule has 0 aromatic heterocycles. The molecule has 0 amide bonds. The van der Waals surface area contributed by atoms with Crippen LogP contribution in [-0.2, 0) is 14.6 Å². The van der Waals surface area contributed by atoms with E-state index in [9.17, 15) is 18.3 Å². The molecule has 5 heteroatoms. The topological polar surface area (TPSA) is 71.4 Å². The average Bonchev–Trinajstić information content (AvgIpc) is 2.39. The number of carbonyl (C=O) groups is 1. The first-order valence-corrected chi connectivity index (χ1v) is 8.58. The third-order valence-electron chi connectivity index (χ3n) is 4.12. The van der Waals surface area contributed by atoms with Gasteiger partial charge in [-0.3, -0.25) is 0 Å². The Kier molecular flexibility index (Phi) is 4.48. The predicted octanol–water partition coefficient (Wildman–Crippen LogP) is 2.71. The second-order valence-corrected chi connectivity index (χ2v) is 7.67. The van der Waals surface area contributed by atoms with Gasteiger partial charge in [0.05, 0.1) is 10.6 Å². The van der Waals surface area contributed by atoms with Gasteiger partial charge >= 0.3 is 0 Å². The maximum atomic E-state index is 12.5. The van der Waals surface area contributed by atoms with Crippen molar-refractivity contribution in [1.29, 1.82) is 0 Å². The molecule has 0 bridgehead atoms. The number of rotatable bonds is 5. The Bertz CT molecular complexity index is 554. The lowest BCUT2D eigenvalue weighted by Gasteiger charge is -2.35. The van der Waals surface area contributed by atoms with Crippen LogP contribution in [0.4, 0.5) is 0 Å². The molecule has 0 spiro atoms. The summed E-state index contributed by atoms with van der Waals surface area (Å²) >= 11 is 0. The van der Waals surface area contributed by atoms with E-state index in [2.05, 4.69) is 0 Å². The van der Waals surface area contributed by atoms with Crippen LogP contribution in [0, 0.1) is 5.41 Å². The quantitative estimate of drug-likeness (QED) is 0.848. The van der Waals surface area contributed by atoms with E-state index in [0.29, 0.717) is 6.42 Å². The summed E-state index contributed by atoms with van der Waals surface area (Å²) in [5.74, 6) is 0.0630. The molecule has 1 aliphatic rings. The van der Waals surface area contributed by atoms with Gasteiger partial charge in [0.2, 0.25) is 0 Å². The minimum Gasteiger partial charge on any atom is -0.508 e. The summed E-state index contributed by atoms with van der Waals surface area (Å²) < 4.78 is 25.0. The van der Waals surface area contributed by atoms with E-state index in [4.69, 9.17) is 0 Å².